The van der Waals surface area contributed by atoms with Crippen LogP contribution in [0.4, 0.5) is 0 Å². The van der Waals surface area contributed by atoms with Crippen molar-refractivity contribution in [1.29, 1.82) is 5.26 Å². The summed E-state index contributed by atoms with van der Waals surface area (Å²) in [6.07, 6.45) is 0.629. The fraction of sp³-hybridized carbons (Fsp3) is 0.167. The van der Waals surface area contributed by atoms with Crippen LogP contribution in [0.2, 0.25) is 0 Å². The van der Waals surface area contributed by atoms with E-state index in [2.05, 4.69) is 34.6 Å². The summed E-state index contributed by atoms with van der Waals surface area (Å²) in [5.74, 6) is 0. The highest BCUT2D eigenvalue weighted by Crippen LogP contribution is 2.20. The highest BCUT2D eigenvalue weighted by molar-refractivity contribution is 5.45. The van der Waals surface area contributed by atoms with Gasteiger partial charge in [-0.15, -0.1) is 5.10 Å². The van der Waals surface area contributed by atoms with Crippen molar-refractivity contribution >= 4 is 0 Å². The van der Waals surface area contributed by atoms with Crippen LogP contribution in [0.15, 0.2) is 48.5 Å². The third-order valence-electron chi connectivity index (χ3n) is 3.68. The lowest BCUT2D eigenvalue weighted by molar-refractivity contribution is 0.767. The molecule has 108 valence electrons. The quantitative estimate of drug-likeness (QED) is 0.742. The highest BCUT2D eigenvalue weighted by atomic mass is 15.4. The fourth-order valence-electron chi connectivity index (χ4n) is 2.48. The second kappa shape index (κ2) is 5.82. The molecule has 0 aliphatic rings. The lowest BCUT2D eigenvalue weighted by atomic mass is 10.1. The number of nitriles is 1. The Labute approximate surface area is 129 Å². The van der Waals surface area contributed by atoms with E-state index < -0.39 is 0 Å². The van der Waals surface area contributed by atoms with Gasteiger partial charge in [0.05, 0.1) is 11.4 Å². The molecule has 0 bridgehead atoms. The minimum absolute atomic E-state index is 0.379. The molecule has 0 atom stereocenters. The molecule has 0 radical (unpaired) electrons. The van der Waals surface area contributed by atoms with Gasteiger partial charge in [0.15, 0.2) is 5.69 Å². The number of hydrogen-bond acceptors (Lipinski definition) is 3. The van der Waals surface area contributed by atoms with Gasteiger partial charge >= 0.3 is 0 Å². The zero-order valence-corrected chi connectivity index (χ0v) is 12.6. The van der Waals surface area contributed by atoms with Crippen LogP contribution in [-0.2, 0) is 6.42 Å². The van der Waals surface area contributed by atoms with E-state index in [1.165, 1.54) is 0 Å². The maximum Gasteiger partial charge on any atom is 0.186 e. The molecule has 22 heavy (non-hydrogen) atoms. The molecule has 0 saturated carbocycles. The molecule has 4 heteroatoms. The molecular weight excluding hydrogens is 272 g/mol. The van der Waals surface area contributed by atoms with Crippen LogP contribution < -0.4 is 0 Å². The number of nitrogens with zero attached hydrogens (tertiary/aromatic N) is 4. The minimum atomic E-state index is 0.379. The van der Waals surface area contributed by atoms with Gasteiger partial charge in [0.2, 0.25) is 0 Å². The molecular formula is C18H16N4. The predicted octanol–water partition coefficient (Wildman–Crippen LogP) is 3.35. The van der Waals surface area contributed by atoms with Crippen molar-refractivity contribution in [3.05, 3.63) is 76.6 Å². The van der Waals surface area contributed by atoms with E-state index in [-0.39, 0.29) is 0 Å². The Morgan fingerprint density at radius 1 is 1.09 bits per heavy atom. The summed E-state index contributed by atoms with van der Waals surface area (Å²) in [6, 6.07) is 18.4. The number of rotatable bonds is 3. The monoisotopic (exact) mass is 288 g/mol. The van der Waals surface area contributed by atoms with Crippen molar-refractivity contribution in [2.24, 2.45) is 0 Å². The van der Waals surface area contributed by atoms with E-state index in [4.69, 9.17) is 0 Å². The third kappa shape index (κ3) is 2.61. The molecule has 0 fully saturated rings. The average molecular weight is 288 g/mol. The average Bonchev–Trinajstić information content (AvgIpc) is 2.93. The van der Waals surface area contributed by atoms with Crippen LogP contribution in [0.1, 0.15) is 28.1 Å². The summed E-state index contributed by atoms with van der Waals surface area (Å²) < 4.78 is 1.79. The molecule has 3 aromatic rings. The Morgan fingerprint density at radius 2 is 1.86 bits per heavy atom. The standard InChI is InChI=1S/C18H16N4/c1-13-8-9-14(2)17(10-13)22-18(16(12-19)20-21-22)11-15-6-4-3-5-7-15/h3-10H,11H2,1-2H3. The lowest BCUT2D eigenvalue weighted by Crippen LogP contribution is -2.06. The SMILES string of the molecule is Cc1ccc(C)c(-n2nnc(C#N)c2Cc2ccccc2)c1. The summed E-state index contributed by atoms with van der Waals surface area (Å²) >= 11 is 0. The van der Waals surface area contributed by atoms with Crippen molar-refractivity contribution in [3.63, 3.8) is 0 Å². The first-order valence-electron chi connectivity index (χ1n) is 7.15. The van der Waals surface area contributed by atoms with E-state index in [0.717, 1.165) is 28.1 Å². The first-order valence-corrected chi connectivity index (χ1v) is 7.15. The van der Waals surface area contributed by atoms with E-state index in [0.29, 0.717) is 12.1 Å². The van der Waals surface area contributed by atoms with E-state index in [1.54, 1.807) is 4.68 Å². The molecule has 0 aliphatic carbocycles. The molecule has 3 rings (SSSR count). The Kier molecular flexibility index (Phi) is 3.71. The molecule has 0 saturated heterocycles. The molecule has 2 aromatic carbocycles. The molecule has 4 nitrogen and oxygen atoms in total. The largest absolute Gasteiger partial charge is 0.216 e. The zero-order valence-electron chi connectivity index (χ0n) is 12.6. The smallest absolute Gasteiger partial charge is 0.186 e. The summed E-state index contributed by atoms with van der Waals surface area (Å²) in [6.45, 7) is 4.08. The van der Waals surface area contributed by atoms with Gasteiger partial charge in [-0.3, -0.25) is 0 Å². The van der Waals surface area contributed by atoms with Crippen LogP contribution in [0, 0.1) is 25.2 Å². The van der Waals surface area contributed by atoms with Crippen LogP contribution >= 0.6 is 0 Å². The number of aromatic nitrogens is 3. The third-order valence-corrected chi connectivity index (χ3v) is 3.68. The van der Waals surface area contributed by atoms with E-state index >= 15 is 0 Å². The van der Waals surface area contributed by atoms with Crippen molar-refractivity contribution in [2.75, 3.05) is 0 Å². The number of hydrogen-bond donors (Lipinski definition) is 0. The van der Waals surface area contributed by atoms with E-state index in [1.807, 2.05) is 44.2 Å². The van der Waals surface area contributed by atoms with Gasteiger partial charge in [-0.25, -0.2) is 4.68 Å². The van der Waals surface area contributed by atoms with Gasteiger partial charge in [0, 0.05) is 6.42 Å². The Morgan fingerprint density at radius 3 is 2.59 bits per heavy atom. The molecule has 0 unspecified atom stereocenters. The molecule has 1 heterocycles. The predicted molar refractivity (Wildman–Crippen MR) is 84.8 cm³/mol. The maximum atomic E-state index is 9.31. The van der Waals surface area contributed by atoms with Crippen molar-refractivity contribution in [3.8, 4) is 11.8 Å². The van der Waals surface area contributed by atoms with Crippen LogP contribution in [0.5, 0.6) is 0 Å². The van der Waals surface area contributed by atoms with Gasteiger partial charge in [0.1, 0.15) is 6.07 Å². The second-order valence-electron chi connectivity index (χ2n) is 5.36. The Balaban J connectivity index is 2.12. The molecule has 0 N–H and O–H groups in total. The Hall–Kier alpha value is -2.93. The topological polar surface area (TPSA) is 54.5 Å². The van der Waals surface area contributed by atoms with Gasteiger partial charge < -0.3 is 0 Å². The molecule has 1 aromatic heterocycles. The molecule has 0 amide bonds. The van der Waals surface area contributed by atoms with Gasteiger partial charge in [-0.2, -0.15) is 5.26 Å². The van der Waals surface area contributed by atoms with Crippen LogP contribution in [0.3, 0.4) is 0 Å². The second-order valence-corrected chi connectivity index (χ2v) is 5.36. The molecule has 0 aliphatic heterocycles. The van der Waals surface area contributed by atoms with Gasteiger partial charge in [-0.1, -0.05) is 47.7 Å². The van der Waals surface area contributed by atoms with Crippen molar-refractivity contribution in [2.45, 2.75) is 20.3 Å². The molecule has 0 spiro atoms. The van der Waals surface area contributed by atoms with Crippen LogP contribution in [-0.4, -0.2) is 15.0 Å². The van der Waals surface area contributed by atoms with Gasteiger partial charge in [-0.05, 0) is 36.6 Å². The maximum absolute atomic E-state index is 9.31. The first kappa shape index (κ1) is 14.0. The highest BCUT2D eigenvalue weighted by Gasteiger charge is 2.16. The summed E-state index contributed by atoms with van der Waals surface area (Å²) in [5, 5.41) is 17.5. The minimum Gasteiger partial charge on any atom is -0.216 e. The fourth-order valence-corrected chi connectivity index (χ4v) is 2.48. The number of aryl methyl sites for hydroxylation is 2. The number of benzene rings is 2. The normalized spacial score (nSPS) is 10.4. The van der Waals surface area contributed by atoms with Crippen molar-refractivity contribution < 1.29 is 0 Å². The lowest BCUT2D eigenvalue weighted by Gasteiger charge is -2.10. The van der Waals surface area contributed by atoms with Crippen LogP contribution in [0.25, 0.3) is 5.69 Å². The van der Waals surface area contributed by atoms with E-state index in [9.17, 15) is 5.26 Å². The zero-order chi connectivity index (χ0) is 15.5. The summed E-state index contributed by atoms with van der Waals surface area (Å²) in [4.78, 5) is 0. The summed E-state index contributed by atoms with van der Waals surface area (Å²) in [7, 11) is 0. The van der Waals surface area contributed by atoms with Crippen molar-refractivity contribution in [1.82, 2.24) is 15.0 Å². The van der Waals surface area contributed by atoms with Gasteiger partial charge in [0.25, 0.3) is 0 Å². The first-order chi connectivity index (χ1) is 10.7. The summed E-state index contributed by atoms with van der Waals surface area (Å²) in [5.41, 5.74) is 5.56. The Bertz CT molecular complexity index is 841.